The third kappa shape index (κ3) is 14.9. The van der Waals surface area contributed by atoms with Crippen molar-refractivity contribution in [3.05, 3.63) is 0 Å². The first-order valence-electron chi connectivity index (χ1n) is 6.97. The molecular formula is C12H24N2O6S. The van der Waals surface area contributed by atoms with Gasteiger partial charge in [0.15, 0.2) is 0 Å². The largest absolute Gasteiger partial charge is 0.466 e. The lowest BCUT2D eigenvalue weighted by Crippen LogP contribution is -2.37. The quantitative estimate of drug-likeness (QED) is 0.292. The summed E-state index contributed by atoms with van der Waals surface area (Å²) < 4.78 is 34.1. The number of carbonyl (C=O) groups is 2. The number of amides is 2. The molecule has 9 heteroatoms. The molecule has 0 radical (unpaired) electrons. The van der Waals surface area contributed by atoms with E-state index < -0.39 is 10.1 Å². The summed E-state index contributed by atoms with van der Waals surface area (Å²) in [5.41, 5.74) is 0. The van der Waals surface area contributed by atoms with Gasteiger partial charge in [-0.2, -0.15) is 8.42 Å². The smallest absolute Gasteiger partial charge is 0.314 e. The summed E-state index contributed by atoms with van der Waals surface area (Å²) in [6, 6.07) is -0.379. The summed E-state index contributed by atoms with van der Waals surface area (Å²) in [5.74, 6) is -0.580. The molecular weight excluding hydrogens is 300 g/mol. The number of urea groups is 1. The van der Waals surface area contributed by atoms with E-state index in [1.54, 1.807) is 6.92 Å². The zero-order valence-corrected chi connectivity index (χ0v) is 13.1. The minimum absolute atomic E-state index is 0.159. The van der Waals surface area contributed by atoms with E-state index in [1.807, 2.05) is 0 Å². The SMILES string of the molecule is CCOC(=O)CCCCCNC(=O)NCCCS(=O)(=O)O. The van der Waals surface area contributed by atoms with Crippen LogP contribution < -0.4 is 10.6 Å². The van der Waals surface area contributed by atoms with Crippen LogP contribution in [0.5, 0.6) is 0 Å². The third-order valence-corrected chi connectivity index (χ3v) is 3.32. The molecule has 0 saturated heterocycles. The van der Waals surface area contributed by atoms with Crippen molar-refractivity contribution in [2.45, 2.75) is 39.0 Å². The van der Waals surface area contributed by atoms with Crippen molar-refractivity contribution in [2.24, 2.45) is 0 Å². The summed E-state index contributed by atoms with van der Waals surface area (Å²) in [4.78, 5) is 22.3. The molecule has 0 aromatic carbocycles. The van der Waals surface area contributed by atoms with Crippen LogP contribution in [0.4, 0.5) is 4.79 Å². The number of nitrogens with one attached hydrogen (secondary N) is 2. The topological polar surface area (TPSA) is 122 Å². The van der Waals surface area contributed by atoms with Gasteiger partial charge in [-0.25, -0.2) is 4.79 Å². The Bertz CT molecular complexity index is 410. The Kier molecular flexibility index (Phi) is 10.6. The number of esters is 1. The van der Waals surface area contributed by atoms with E-state index in [1.165, 1.54) is 0 Å². The highest BCUT2D eigenvalue weighted by Gasteiger charge is 2.05. The second-order valence-electron chi connectivity index (χ2n) is 4.44. The van der Waals surface area contributed by atoms with Crippen LogP contribution in [0, 0.1) is 0 Å². The number of ether oxygens (including phenoxy) is 1. The number of hydrogen-bond acceptors (Lipinski definition) is 5. The number of hydrogen-bond donors (Lipinski definition) is 3. The highest BCUT2D eigenvalue weighted by Crippen LogP contribution is 2.00. The van der Waals surface area contributed by atoms with Gasteiger partial charge in [0.1, 0.15) is 0 Å². The average molecular weight is 324 g/mol. The van der Waals surface area contributed by atoms with Crippen LogP contribution >= 0.6 is 0 Å². The van der Waals surface area contributed by atoms with E-state index in [0.29, 0.717) is 19.6 Å². The first-order valence-corrected chi connectivity index (χ1v) is 8.58. The molecule has 0 fully saturated rings. The summed E-state index contributed by atoms with van der Waals surface area (Å²) >= 11 is 0. The van der Waals surface area contributed by atoms with Gasteiger partial charge in [-0.15, -0.1) is 0 Å². The molecule has 0 saturated carbocycles. The van der Waals surface area contributed by atoms with Crippen LogP contribution in [0.2, 0.25) is 0 Å². The summed E-state index contributed by atoms with van der Waals surface area (Å²) in [6.07, 6.45) is 2.82. The zero-order chi connectivity index (χ0) is 16.1. The van der Waals surface area contributed by atoms with Crippen LogP contribution in [0.1, 0.15) is 39.0 Å². The standard InChI is InChI=1S/C12H24N2O6S/c1-2-20-11(15)7-4-3-5-8-13-12(16)14-9-6-10-21(17,18)19/h2-10H2,1H3,(H2,13,14,16)(H,17,18,19). The van der Waals surface area contributed by atoms with Gasteiger partial charge in [0.05, 0.1) is 12.4 Å². The van der Waals surface area contributed by atoms with Crippen LogP contribution in [0.3, 0.4) is 0 Å². The Hall–Kier alpha value is -1.35. The molecule has 0 heterocycles. The molecule has 0 unspecified atom stereocenters. The third-order valence-electron chi connectivity index (χ3n) is 2.51. The minimum Gasteiger partial charge on any atom is -0.466 e. The van der Waals surface area contributed by atoms with Crippen molar-refractivity contribution in [3.63, 3.8) is 0 Å². The van der Waals surface area contributed by atoms with Gasteiger partial charge in [-0.05, 0) is 26.2 Å². The van der Waals surface area contributed by atoms with Gasteiger partial charge >= 0.3 is 12.0 Å². The summed E-state index contributed by atoms with van der Waals surface area (Å²) in [6.45, 7) is 2.80. The lowest BCUT2D eigenvalue weighted by atomic mass is 10.2. The Balaban J connectivity index is 3.40. The monoisotopic (exact) mass is 324 g/mol. The molecule has 0 spiro atoms. The van der Waals surface area contributed by atoms with E-state index in [9.17, 15) is 18.0 Å². The van der Waals surface area contributed by atoms with Crippen molar-refractivity contribution in [1.82, 2.24) is 10.6 Å². The zero-order valence-electron chi connectivity index (χ0n) is 12.3. The van der Waals surface area contributed by atoms with Crippen molar-refractivity contribution >= 4 is 22.1 Å². The van der Waals surface area contributed by atoms with Crippen molar-refractivity contribution in [2.75, 3.05) is 25.4 Å². The van der Waals surface area contributed by atoms with Gasteiger partial charge in [0.25, 0.3) is 10.1 Å². The highest BCUT2D eigenvalue weighted by atomic mass is 32.2. The highest BCUT2D eigenvalue weighted by molar-refractivity contribution is 7.85. The molecule has 0 aromatic rings. The molecule has 2 amide bonds. The first kappa shape index (κ1) is 19.7. The van der Waals surface area contributed by atoms with Crippen LogP contribution in [0.25, 0.3) is 0 Å². The molecule has 0 atom stereocenters. The summed E-state index contributed by atoms with van der Waals surface area (Å²) in [5, 5.41) is 5.10. The second-order valence-corrected chi connectivity index (χ2v) is 6.01. The fourth-order valence-corrected chi connectivity index (χ4v) is 2.03. The van der Waals surface area contributed by atoms with Crippen LogP contribution in [-0.2, 0) is 19.6 Å². The number of rotatable bonds is 11. The molecule has 21 heavy (non-hydrogen) atoms. The molecule has 3 N–H and O–H groups in total. The Morgan fingerprint density at radius 3 is 2.24 bits per heavy atom. The van der Waals surface area contributed by atoms with E-state index in [4.69, 9.17) is 9.29 Å². The Morgan fingerprint density at radius 2 is 1.67 bits per heavy atom. The van der Waals surface area contributed by atoms with Crippen LogP contribution in [-0.4, -0.2) is 50.4 Å². The molecule has 0 bridgehead atoms. The Labute approximate surface area is 125 Å². The fourth-order valence-electron chi connectivity index (χ4n) is 1.53. The molecule has 0 rings (SSSR count). The fraction of sp³-hybridized carbons (Fsp3) is 0.833. The first-order chi connectivity index (χ1) is 9.85. The average Bonchev–Trinajstić information content (AvgIpc) is 2.38. The van der Waals surface area contributed by atoms with E-state index in [0.717, 1.165) is 19.3 Å². The maximum atomic E-state index is 11.3. The Morgan fingerprint density at radius 1 is 1.05 bits per heavy atom. The number of carbonyl (C=O) groups excluding carboxylic acids is 2. The molecule has 0 aliphatic rings. The molecule has 124 valence electrons. The lowest BCUT2D eigenvalue weighted by Gasteiger charge is -2.07. The van der Waals surface area contributed by atoms with Crippen LogP contribution in [0.15, 0.2) is 0 Å². The normalized spacial score (nSPS) is 11.0. The maximum absolute atomic E-state index is 11.3. The van der Waals surface area contributed by atoms with Crippen molar-refractivity contribution in [1.29, 1.82) is 0 Å². The van der Waals surface area contributed by atoms with Gasteiger partial charge in [0, 0.05) is 19.5 Å². The van der Waals surface area contributed by atoms with Crippen molar-refractivity contribution in [3.8, 4) is 0 Å². The lowest BCUT2D eigenvalue weighted by molar-refractivity contribution is -0.143. The summed E-state index contributed by atoms with van der Waals surface area (Å²) in [7, 11) is -3.97. The van der Waals surface area contributed by atoms with Gasteiger partial charge in [-0.3, -0.25) is 9.35 Å². The minimum atomic E-state index is -3.97. The molecule has 0 aromatic heterocycles. The predicted molar refractivity (Wildman–Crippen MR) is 77.5 cm³/mol. The predicted octanol–water partition coefficient (Wildman–Crippen LogP) is 0.687. The van der Waals surface area contributed by atoms with Gasteiger partial charge in [-0.1, -0.05) is 6.42 Å². The second kappa shape index (κ2) is 11.3. The van der Waals surface area contributed by atoms with Crippen molar-refractivity contribution < 1.29 is 27.3 Å². The molecule has 8 nitrogen and oxygen atoms in total. The van der Waals surface area contributed by atoms with E-state index in [-0.39, 0.29) is 30.7 Å². The van der Waals surface area contributed by atoms with E-state index in [2.05, 4.69) is 10.6 Å². The molecule has 0 aliphatic heterocycles. The van der Waals surface area contributed by atoms with Gasteiger partial charge in [0.2, 0.25) is 0 Å². The number of unbranched alkanes of at least 4 members (excludes halogenated alkanes) is 2. The maximum Gasteiger partial charge on any atom is 0.314 e. The van der Waals surface area contributed by atoms with Gasteiger partial charge < -0.3 is 15.4 Å². The molecule has 0 aliphatic carbocycles. The van der Waals surface area contributed by atoms with E-state index >= 15 is 0 Å².